The van der Waals surface area contributed by atoms with Crippen LogP contribution in [0.4, 0.5) is 5.69 Å². The monoisotopic (exact) mass is 255 g/mol. The first-order chi connectivity index (χ1) is 9.10. The van der Waals surface area contributed by atoms with Crippen molar-refractivity contribution in [2.75, 3.05) is 11.9 Å². The fourth-order valence-electron chi connectivity index (χ4n) is 2.27. The van der Waals surface area contributed by atoms with Crippen molar-refractivity contribution in [3.63, 3.8) is 0 Å². The lowest BCUT2D eigenvalue weighted by Gasteiger charge is -2.22. The maximum Gasteiger partial charge on any atom is 0.0702 e. The summed E-state index contributed by atoms with van der Waals surface area (Å²) < 4.78 is 0. The SMILES string of the molecule is Cc1ccc(CN(C)c2ccc(C)cc2CO)cc1. The minimum Gasteiger partial charge on any atom is -0.392 e. The van der Waals surface area contributed by atoms with Gasteiger partial charge in [0.15, 0.2) is 0 Å². The number of nitrogens with zero attached hydrogens (tertiary/aromatic N) is 1. The van der Waals surface area contributed by atoms with Crippen molar-refractivity contribution >= 4 is 5.69 Å². The summed E-state index contributed by atoms with van der Waals surface area (Å²) in [6, 6.07) is 14.8. The Hall–Kier alpha value is -1.80. The van der Waals surface area contributed by atoms with E-state index in [1.54, 1.807) is 0 Å². The Morgan fingerprint density at radius 2 is 1.58 bits per heavy atom. The van der Waals surface area contributed by atoms with Crippen LogP contribution in [0, 0.1) is 13.8 Å². The second-order valence-electron chi connectivity index (χ2n) is 5.13. The van der Waals surface area contributed by atoms with Gasteiger partial charge in [0.1, 0.15) is 0 Å². The summed E-state index contributed by atoms with van der Waals surface area (Å²) in [5.74, 6) is 0. The number of hydrogen-bond acceptors (Lipinski definition) is 2. The van der Waals surface area contributed by atoms with E-state index in [-0.39, 0.29) is 6.61 Å². The maximum absolute atomic E-state index is 9.47. The number of aliphatic hydroxyl groups is 1. The average Bonchev–Trinajstić information content (AvgIpc) is 2.41. The quantitative estimate of drug-likeness (QED) is 0.904. The molecule has 0 fully saturated rings. The van der Waals surface area contributed by atoms with Crippen LogP contribution in [0.5, 0.6) is 0 Å². The van der Waals surface area contributed by atoms with Crippen LogP contribution in [0.25, 0.3) is 0 Å². The van der Waals surface area contributed by atoms with E-state index in [0.29, 0.717) is 0 Å². The molecule has 0 spiro atoms. The standard InChI is InChI=1S/C17H21NO/c1-13-4-7-15(8-5-13)11-18(3)17-9-6-14(2)10-16(17)12-19/h4-10,19H,11-12H2,1-3H3. The molecule has 2 aromatic rings. The molecule has 19 heavy (non-hydrogen) atoms. The Morgan fingerprint density at radius 3 is 2.21 bits per heavy atom. The molecular weight excluding hydrogens is 234 g/mol. The lowest BCUT2D eigenvalue weighted by atomic mass is 10.1. The van der Waals surface area contributed by atoms with E-state index in [1.807, 2.05) is 13.0 Å². The Labute approximate surface area is 115 Å². The Balaban J connectivity index is 2.19. The summed E-state index contributed by atoms with van der Waals surface area (Å²) in [6.45, 7) is 5.06. The summed E-state index contributed by atoms with van der Waals surface area (Å²) in [6.07, 6.45) is 0. The van der Waals surface area contributed by atoms with Crippen molar-refractivity contribution in [3.05, 3.63) is 64.7 Å². The number of aryl methyl sites for hydroxylation is 2. The summed E-state index contributed by atoms with van der Waals surface area (Å²) in [5, 5.41) is 9.47. The van der Waals surface area contributed by atoms with Crippen LogP contribution in [0.3, 0.4) is 0 Å². The molecule has 2 heteroatoms. The highest BCUT2D eigenvalue weighted by Crippen LogP contribution is 2.22. The zero-order valence-corrected chi connectivity index (χ0v) is 11.9. The van der Waals surface area contributed by atoms with Gasteiger partial charge in [-0.25, -0.2) is 0 Å². The van der Waals surface area contributed by atoms with Crippen molar-refractivity contribution in [2.24, 2.45) is 0 Å². The Morgan fingerprint density at radius 1 is 0.947 bits per heavy atom. The molecule has 0 heterocycles. The largest absolute Gasteiger partial charge is 0.392 e. The molecule has 2 nitrogen and oxygen atoms in total. The molecule has 1 N–H and O–H groups in total. The van der Waals surface area contributed by atoms with Gasteiger partial charge in [-0.05, 0) is 25.5 Å². The number of benzene rings is 2. The first-order valence-corrected chi connectivity index (χ1v) is 6.57. The van der Waals surface area contributed by atoms with E-state index >= 15 is 0 Å². The molecule has 100 valence electrons. The topological polar surface area (TPSA) is 23.5 Å². The molecule has 0 saturated carbocycles. The van der Waals surface area contributed by atoms with Crippen molar-refractivity contribution in [1.29, 1.82) is 0 Å². The Kier molecular flexibility index (Phi) is 4.23. The van der Waals surface area contributed by atoms with Gasteiger partial charge in [-0.2, -0.15) is 0 Å². The molecule has 2 rings (SSSR count). The molecule has 0 bridgehead atoms. The molecule has 0 atom stereocenters. The first-order valence-electron chi connectivity index (χ1n) is 6.57. The highest BCUT2D eigenvalue weighted by molar-refractivity contribution is 5.54. The first kappa shape index (κ1) is 13.6. The van der Waals surface area contributed by atoms with Crippen LogP contribution in [0.2, 0.25) is 0 Å². The van der Waals surface area contributed by atoms with Gasteiger partial charge in [-0.15, -0.1) is 0 Å². The van der Waals surface area contributed by atoms with Crippen molar-refractivity contribution in [2.45, 2.75) is 27.0 Å². The molecule has 0 aliphatic heterocycles. The maximum atomic E-state index is 9.47. The van der Waals surface area contributed by atoms with E-state index in [1.165, 1.54) is 16.7 Å². The van der Waals surface area contributed by atoms with Crippen LogP contribution >= 0.6 is 0 Å². The second-order valence-corrected chi connectivity index (χ2v) is 5.13. The van der Waals surface area contributed by atoms with Gasteiger partial charge in [0.25, 0.3) is 0 Å². The zero-order chi connectivity index (χ0) is 13.8. The van der Waals surface area contributed by atoms with Crippen LogP contribution in [0.15, 0.2) is 42.5 Å². The highest BCUT2D eigenvalue weighted by atomic mass is 16.3. The molecule has 0 saturated heterocycles. The van der Waals surface area contributed by atoms with Crippen LogP contribution in [-0.4, -0.2) is 12.2 Å². The molecule has 0 unspecified atom stereocenters. The van der Waals surface area contributed by atoms with Gasteiger partial charge < -0.3 is 10.0 Å². The third-order valence-corrected chi connectivity index (χ3v) is 3.36. The molecule has 2 aromatic carbocycles. The highest BCUT2D eigenvalue weighted by Gasteiger charge is 2.07. The van der Waals surface area contributed by atoms with Gasteiger partial charge in [-0.1, -0.05) is 47.5 Å². The predicted octanol–water partition coefficient (Wildman–Crippen LogP) is 3.43. The fourth-order valence-corrected chi connectivity index (χ4v) is 2.27. The van der Waals surface area contributed by atoms with Gasteiger partial charge >= 0.3 is 0 Å². The molecule has 0 radical (unpaired) electrons. The number of aliphatic hydroxyl groups excluding tert-OH is 1. The Bertz CT molecular complexity index is 546. The zero-order valence-electron chi connectivity index (χ0n) is 11.9. The summed E-state index contributed by atoms with van der Waals surface area (Å²) in [4.78, 5) is 2.18. The van der Waals surface area contributed by atoms with Gasteiger partial charge in [-0.3, -0.25) is 0 Å². The molecule has 0 aromatic heterocycles. The van der Waals surface area contributed by atoms with Crippen LogP contribution in [0.1, 0.15) is 22.3 Å². The minimum absolute atomic E-state index is 0.0786. The van der Waals surface area contributed by atoms with Crippen molar-refractivity contribution in [3.8, 4) is 0 Å². The predicted molar refractivity (Wildman–Crippen MR) is 80.4 cm³/mol. The summed E-state index contributed by atoms with van der Waals surface area (Å²) in [7, 11) is 2.06. The molecule has 0 aliphatic carbocycles. The minimum atomic E-state index is 0.0786. The van der Waals surface area contributed by atoms with Crippen LogP contribution in [-0.2, 0) is 13.2 Å². The summed E-state index contributed by atoms with van der Waals surface area (Å²) >= 11 is 0. The number of rotatable bonds is 4. The van der Waals surface area contributed by atoms with Gasteiger partial charge in [0.05, 0.1) is 6.61 Å². The molecular formula is C17H21NO. The number of anilines is 1. The molecule has 0 amide bonds. The van der Waals surface area contributed by atoms with E-state index in [4.69, 9.17) is 0 Å². The molecule has 0 aliphatic rings. The lowest BCUT2D eigenvalue weighted by molar-refractivity contribution is 0.282. The van der Waals surface area contributed by atoms with Gasteiger partial charge in [0.2, 0.25) is 0 Å². The third kappa shape index (κ3) is 3.36. The van der Waals surface area contributed by atoms with E-state index < -0.39 is 0 Å². The van der Waals surface area contributed by atoms with Gasteiger partial charge in [0, 0.05) is 24.8 Å². The van der Waals surface area contributed by atoms with Crippen LogP contribution < -0.4 is 4.90 Å². The van der Waals surface area contributed by atoms with E-state index in [2.05, 4.69) is 55.3 Å². The van der Waals surface area contributed by atoms with E-state index in [9.17, 15) is 5.11 Å². The van der Waals surface area contributed by atoms with Crippen molar-refractivity contribution < 1.29 is 5.11 Å². The van der Waals surface area contributed by atoms with E-state index in [0.717, 1.165) is 17.8 Å². The van der Waals surface area contributed by atoms with Crippen molar-refractivity contribution in [1.82, 2.24) is 0 Å². The fraction of sp³-hybridized carbons (Fsp3) is 0.294. The number of hydrogen-bond donors (Lipinski definition) is 1. The lowest BCUT2D eigenvalue weighted by Crippen LogP contribution is -2.18. The summed E-state index contributed by atoms with van der Waals surface area (Å²) in [5.41, 5.74) is 5.80. The third-order valence-electron chi connectivity index (χ3n) is 3.36. The smallest absolute Gasteiger partial charge is 0.0702 e. The second kappa shape index (κ2) is 5.89. The average molecular weight is 255 g/mol. The normalized spacial score (nSPS) is 10.5.